The van der Waals surface area contributed by atoms with Crippen LogP contribution in [0.4, 0.5) is 5.69 Å². The predicted octanol–water partition coefficient (Wildman–Crippen LogP) is 2.63. The molecule has 10 heteroatoms. The Bertz CT molecular complexity index is 1020. The Balaban J connectivity index is 2.01. The van der Waals surface area contributed by atoms with Crippen LogP contribution in [0, 0.1) is 0 Å². The van der Waals surface area contributed by atoms with Gasteiger partial charge in [-0.15, -0.1) is 0 Å². The van der Waals surface area contributed by atoms with Crippen LogP contribution in [-0.2, 0) is 14.8 Å². The fourth-order valence-corrected chi connectivity index (χ4v) is 4.30. The van der Waals surface area contributed by atoms with Crippen LogP contribution in [-0.4, -0.2) is 49.9 Å². The van der Waals surface area contributed by atoms with E-state index in [9.17, 15) is 18.0 Å². The molecular formula is C20H23N3O5S2. The van der Waals surface area contributed by atoms with Crippen molar-refractivity contribution in [3.8, 4) is 0 Å². The van der Waals surface area contributed by atoms with Crippen molar-refractivity contribution in [2.75, 3.05) is 25.5 Å². The van der Waals surface area contributed by atoms with Crippen molar-refractivity contribution in [2.45, 2.75) is 18.7 Å². The van der Waals surface area contributed by atoms with Crippen LogP contribution in [0.2, 0.25) is 0 Å². The number of benzene rings is 2. The lowest BCUT2D eigenvalue weighted by atomic mass is 10.1. The predicted molar refractivity (Wildman–Crippen MR) is 118 cm³/mol. The number of methoxy groups -OCH3 is 1. The second-order valence-corrected chi connectivity index (χ2v) is 8.44. The molecule has 0 aliphatic rings. The normalized spacial score (nSPS) is 11.1. The summed E-state index contributed by atoms with van der Waals surface area (Å²) < 4.78 is 31.0. The summed E-state index contributed by atoms with van der Waals surface area (Å²) in [4.78, 5) is 23.9. The quantitative estimate of drug-likeness (QED) is 0.495. The smallest absolute Gasteiger partial charge is 0.337 e. The Morgan fingerprint density at radius 3 is 2.00 bits per heavy atom. The molecule has 1 amide bonds. The molecule has 0 bridgehead atoms. The van der Waals surface area contributed by atoms with Crippen LogP contribution in [0.1, 0.15) is 34.6 Å². The highest BCUT2D eigenvalue weighted by Crippen LogP contribution is 2.18. The lowest BCUT2D eigenvalue weighted by molar-refractivity contribution is 0.0600. The maximum atomic E-state index is 12.5. The van der Waals surface area contributed by atoms with E-state index in [1.54, 1.807) is 26.0 Å². The summed E-state index contributed by atoms with van der Waals surface area (Å²) >= 11 is 5.14. The second kappa shape index (κ2) is 10.3. The summed E-state index contributed by atoms with van der Waals surface area (Å²) in [5.74, 6) is -0.949. The van der Waals surface area contributed by atoms with Gasteiger partial charge in [-0.3, -0.25) is 10.1 Å². The first-order chi connectivity index (χ1) is 14.2. The molecule has 0 unspecified atom stereocenters. The van der Waals surface area contributed by atoms with Crippen molar-refractivity contribution >= 4 is 44.9 Å². The largest absolute Gasteiger partial charge is 0.465 e. The van der Waals surface area contributed by atoms with E-state index in [-0.39, 0.29) is 10.0 Å². The van der Waals surface area contributed by atoms with Gasteiger partial charge in [-0.25, -0.2) is 13.2 Å². The molecule has 2 aromatic rings. The summed E-state index contributed by atoms with van der Waals surface area (Å²) in [6.07, 6.45) is 0. The molecule has 8 nitrogen and oxygen atoms in total. The van der Waals surface area contributed by atoms with Crippen molar-refractivity contribution in [2.24, 2.45) is 0 Å². The molecule has 0 aliphatic carbocycles. The minimum Gasteiger partial charge on any atom is -0.465 e. The van der Waals surface area contributed by atoms with Gasteiger partial charge in [-0.2, -0.15) is 4.31 Å². The zero-order chi connectivity index (χ0) is 22.3. The molecular weight excluding hydrogens is 426 g/mol. The highest BCUT2D eigenvalue weighted by Gasteiger charge is 2.21. The summed E-state index contributed by atoms with van der Waals surface area (Å²) in [7, 11) is -2.27. The number of nitrogens with zero attached hydrogens (tertiary/aromatic N) is 1. The van der Waals surface area contributed by atoms with Gasteiger partial charge in [0, 0.05) is 24.3 Å². The lowest BCUT2D eigenvalue weighted by Crippen LogP contribution is -2.34. The Hall–Kier alpha value is -2.82. The first-order valence-corrected chi connectivity index (χ1v) is 11.0. The van der Waals surface area contributed by atoms with E-state index < -0.39 is 21.9 Å². The Labute approximate surface area is 181 Å². The Morgan fingerprint density at radius 2 is 1.50 bits per heavy atom. The van der Waals surface area contributed by atoms with Gasteiger partial charge < -0.3 is 10.1 Å². The highest BCUT2D eigenvalue weighted by molar-refractivity contribution is 7.89. The van der Waals surface area contributed by atoms with Gasteiger partial charge in [0.25, 0.3) is 5.91 Å². The molecule has 30 heavy (non-hydrogen) atoms. The van der Waals surface area contributed by atoms with E-state index in [1.807, 2.05) is 0 Å². The van der Waals surface area contributed by atoms with Crippen molar-refractivity contribution in [3.63, 3.8) is 0 Å². The Morgan fingerprint density at radius 1 is 0.967 bits per heavy atom. The number of rotatable bonds is 7. The number of hydrogen-bond donors (Lipinski definition) is 2. The molecule has 0 atom stereocenters. The van der Waals surface area contributed by atoms with E-state index in [0.717, 1.165) is 0 Å². The molecule has 0 spiro atoms. The first kappa shape index (κ1) is 23.5. The van der Waals surface area contributed by atoms with E-state index in [4.69, 9.17) is 12.2 Å². The third-order valence-corrected chi connectivity index (χ3v) is 6.52. The number of esters is 1. The van der Waals surface area contributed by atoms with Gasteiger partial charge in [0.05, 0.1) is 17.6 Å². The second-order valence-electron chi connectivity index (χ2n) is 6.09. The highest BCUT2D eigenvalue weighted by atomic mass is 32.2. The van der Waals surface area contributed by atoms with Gasteiger partial charge in [0.2, 0.25) is 10.0 Å². The lowest BCUT2D eigenvalue weighted by Gasteiger charge is -2.18. The number of anilines is 1. The van der Waals surface area contributed by atoms with E-state index >= 15 is 0 Å². The van der Waals surface area contributed by atoms with Crippen LogP contribution in [0.5, 0.6) is 0 Å². The number of thiocarbonyl (C=S) groups is 1. The average molecular weight is 450 g/mol. The first-order valence-electron chi connectivity index (χ1n) is 9.13. The van der Waals surface area contributed by atoms with Crippen LogP contribution in [0.25, 0.3) is 0 Å². The van der Waals surface area contributed by atoms with E-state index in [2.05, 4.69) is 15.4 Å². The number of carbonyl (C=O) groups is 2. The fourth-order valence-electron chi connectivity index (χ4n) is 2.64. The fraction of sp³-hybridized carbons (Fsp3) is 0.250. The topological polar surface area (TPSA) is 105 Å². The molecule has 2 aromatic carbocycles. The standard InChI is InChI=1S/C20H23N3O5S2/c1-4-23(5-2)30(26,27)17-12-10-16(11-13-17)21-20(29)22-18(24)14-6-8-15(9-7-14)19(25)28-3/h6-13H,4-5H2,1-3H3,(H2,21,22,24,29). The van der Waals surface area contributed by atoms with Crippen molar-refractivity contribution < 1.29 is 22.7 Å². The van der Waals surface area contributed by atoms with Crippen LogP contribution >= 0.6 is 12.2 Å². The third-order valence-electron chi connectivity index (χ3n) is 4.25. The van der Waals surface area contributed by atoms with Crippen molar-refractivity contribution in [3.05, 3.63) is 59.7 Å². The van der Waals surface area contributed by atoms with Gasteiger partial charge in [0.15, 0.2) is 5.11 Å². The van der Waals surface area contributed by atoms with Crippen molar-refractivity contribution in [1.82, 2.24) is 9.62 Å². The number of ether oxygens (including phenoxy) is 1. The summed E-state index contributed by atoms with van der Waals surface area (Å²) in [5, 5.41) is 5.41. The zero-order valence-corrected chi connectivity index (χ0v) is 18.5. The molecule has 160 valence electrons. The van der Waals surface area contributed by atoms with E-state index in [1.165, 1.54) is 47.8 Å². The van der Waals surface area contributed by atoms with Crippen molar-refractivity contribution in [1.29, 1.82) is 0 Å². The Kier molecular flexibility index (Phi) is 8.04. The minimum atomic E-state index is -3.54. The van der Waals surface area contributed by atoms with E-state index in [0.29, 0.717) is 29.9 Å². The molecule has 0 aliphatic heterocycles. The molecule has 0 radical (unpaired) electrons. The monoisotopic (exact) mass is 449 g/mol. The SMILES string of the molecule is CCN(CC)S(=O)(=O)c1ccc(NC(=S)NC(=O)c2ccc(C(=O)OC)cc2)cc1. The molecule has 0 fully saturated rings. The van der Waals surface area contributed by atoms with Gasteiger partial charge in [-0.1, -0.05) is 13.8 Å². The van der Waals surface area contributed by atoms with Gasteiger partial charge in [-0.05, 0) is 60.7 Å². The number of carbonyl (C=O) groups excluding carboxylic acids is 2. The average Bonchev–Trinajstić information content (AvgIpc) is 2.74. The number of sulfonamides is 1. The molecule has 0 saturated carbocycles. The molecule has 0 heterocycles. The summed E-state index contributed by atoms with van der Waals surface area (Å²) in [6.45, 7) is 4.33. The number of amides is 1. The van der Waals surface area contributed by atoms with Crippen LogP contribution < -0.4 is 10.6 Å². The number of hydrogen-bond acceptors (Lipinski definition) is 6. The maximum Gasteiger partial charge on any atom is 0.337 e. The third kappa shape index (κ3) is 5.62. The van der Waals surface area contributed by atoms with Gasteiger partial charge in [0.1, 0.15) is 0 Å². The summed E-state index contributed by atoms with van der Waals surface area (Å²) in [5.41, 5.74) is 1.17. The van der Waals surface area contributed by atoms with Crippen LogP contribution in [0.15, 0.2) is 53.4 Å². The molecule has 0 aromatic heterocycles. The van der Waals surface area contributed by atoms with Gasteiger partial charge >= 0.3 is 5.97 Å². The van der Waals surface area contributed by atoms with Crippen LogP contribution in [0.3, 0.4) is 0 Å². The minimum absolute atomic E-state index is 0.0522. The molecule has 2 N–H and O–H groups in total. The summed E-state index contributed by atoms with van der Waals surface area (Å²) in [6, 6.07) is 12.0. The maximum absolute atomic E-state index is 12.5. The molecule has 0 saturated heterocycles. The number of nitrogens with one attached hydrogen (secondary N) is 2. The molecule has 2 rings (SSSR count). The zero-order valence-electron chi connectivity index (χ0n) is 16.8.